The Labute approximate surface area is 184 Å². The fourth-order valence-corrected chi connectivity index (χ4v) is 5.62. The Morgan fingerprint density at radius 3 is 2.77 bits per heavy atom. The van der Waals surface area contributed by atoms with Gasteiger partial charge >= 0.3 is 0 Å². The average molecular weight is 509 g/mol. The first-order chi connectivity index (χ1) is 12.3. The third kappa shape index (κ3) is 6.56. The highest BCUT2D eigenvalue weighted by atomic mass is 127. The highest BCUT2D eigenvalue weighted by Gasteiger charge is 2.23. The number of halogens is 1. The van der Waals surface area contributed by atoms with Gasteiger partial charge in [-0.2, -0.15) is 11.8 Å². The van der Waals surface area contributed by atoms with E-state index in [9.17, 15) is 0 Å². The van der Waals surface area contributed by atoms with Crippen LogP contribution in [0.15, 0.2) is 22.5 Å². The number of hydrogen-bond donors (Lipinski definition) is 1. The molecule has 3 rings (SSSR count). The van der Waals surface area contributed by atoms with Crippen molar-refractivity contribution in [3.05, 3.63) is 22.4 Å². The molecule has 4 nitrogen and oxygen atoms in total. The van der Waals surface area contributed by atoms with Crippen molar-refractivity contribution < 1.29 is 0 Å². The maximum Gasteiger partial charge on any atom is 0.193 e. The van der Waals surface area contributed by atoms with Crippen molar-refractivity contribution in [2.24, 2.45) is 10.9 Å². The summed E-state index contributed by atoms with van der Waals surface area (Å²) in [6.45, 7) is 9.20. The van der Waals surface area contributed by atoms with Crippen LogP contribution >= 0.6 is 47.1 Å². The number of hydrogen-bond acceptors (Lipinski definition) is 4. The van der Waals surface area contributed by atoms with Gasteiger partial charge in [0.25, 0.3) is 0 Å². The Bertz CT molecular complexity index is 530. The molecule has 2 aliphatic rings. The van der Waals surface area contributed by atoms with E-state index in [-0.39, 0.29) is 24.0 Å². The molecule has 0 aromatic carbocycles. The van der Waals surface area contributed by atoms with Crippen molar-refractivity contribution in [1.82, 2.24) is 15.1 Å². The molecule has 148 valence electrons. The molecule has 0 spiro atoms. The van der Waals surface area contributed by atoms with Crippen molar-refractivity contribution in [1.29, 1.82) is 0 Å². The minimum absolute atomic E-state index is 0. The van der Waals surface area contributed by atoms with Crippen molar-refractivity contribution in [3.8, 4) is 0 Å². The SMILES string of the molecule is CCC1CN(C(=NC)NCC2CCN(Cc3cccs3)CC2)CCS1.I. The number of aliphatic imine (C=N–C) groups is 1. The second kappa shape index (κ2) is 11.8. The van der Waals surface area contributed by atoms with Crippen LogP contribution in [0.3, 0.4) is 0 Å². The van der Waals surface area contributed by atoms with Crippen LogP contribution in [0.1, 0.15) is 31.1 Å². The fraction of sp³-hybridized carbons (Fsp3) is 0.737. The quantitative estimate of drug-likeness (QED) is 0.371. The summed E-state index contributed by atoms with van der Waals surface area (Å²) in [7, 11) is 1.93. The van der Waals surface area contributed by atoms with Gasteiger partial charge in [0.05, 0.1) is 0 Å². The van der Waals surface area contributed by atoms with Crippen LogP contribution in [0.25, 0.3) is 0 Å². The van der Waals surface area contributed by atoms with Crippen LogP contribution in [0.4, 0.5) is 0 Å². The Morgan fingerprint density at radius 1 is 1.31 bits per heavy atom. The van der Waals surface area contributed by atoms with E-state index in [0.29, 0.717) is 0 Å². The van der Waals surface area contributed by atoms with Crippen LogP contribution in [-0.4, -0.2) is 66.5 Å². The second-order valence-corrected chi connectivity index (χ2v) is 9.51. The minimum Gasteiger partial charge on any atom is -0.356 e. The van der Waals surface area contributed by atoms with Crippen LogP contribution < -0.4 is 5.32 Å². The lowest BCUT2D eigenvalue weighted by molar-refractivity contribution is 0.179. The number of nitrogens with one attached hydrogen (secondary N) is 1. The Balaban J connectivity index is 0.00000243. The van der Waals surface area contributed by atoms with E-state index in [1.807, 2.05) is 18.4 Å². The smallest absolute Gasteiger partial charge is 0.193 e. The predicted octanol–water partition coefficient (Wildman–Crippen LogP) is 3.98. The molecule has 0 bridgehead atoms. The van der Waals surface area contributed by atoms with E-state index in [1.54, 1.807) is 0 Å². The number of likely N-dealkylation sites (tertiary alicyclic amines) is 1. The van der Waals surface area contributed by atoms with Crippen molar-refractivity contribution >= 4 is 53.0 Å². The van der Waals surface area contributed by atoms with Crippen LogP contribution in [0, 0.1) is 5.92 Å². The van der Waals surface area contributed by atoms with E-state index in [2.05, 4.69) is 56.3 Å². The first-order valence-corrected chi connectivity index (χ1v) is 11.5. The lowest BCUT2D eigenvalue weighted by Gasteiger charge is -2.36. The van der Waals surface area contributed by atoms with Gasteiger partial charge in [-0.1, -0.05) is 13.0 Å². The lowest BCUT2D eigenvalue weighted by atomic mass is 9.97. The number of thiophene rings is 1. The molecule has 2 aliphatic heterocycles. The standard InChI is InChI=1S/C19H32N4S2.HI/c1-3-17-15-23(10-12-25-17)19(20-2)21-13-16-6-8-22(9-7-16)14-18-5-4-11-24-18;/h4-5,11,16-17H,3,6-10,12-15H2,1-2H3,(H,20,21);1H. The Kier molecular flexibility index (Phi) is 10.1. The van der Waals surface area contributed by atoms with Crippen molar-refractivity contribution in [2.75, 3.05) is 45.5 Å². The van der Waals surface area contributed by atoms with Gasteiger partial charge in [0.15, 0.2) is 5.96 Å². The molecule has 7 heteroatoms. The van der Waals surface area contributed by atoms with Crippen LogP contribution in [0.2, 0.25) is 0 Å². The number of rotatable bonds is 5. The molecular formula is C19H33IN4S2. The highest BCUT2D eigenvalue weighted by Crippen LogP contribution is 2.22. The molecule has 0 aliphatic carbocycles. The van der Waals surface area contributed by atoms with E-state index >= 15 is 0 Å². The molecule has 1 aromatic rings. The normalized spacial score (nSPS) is 22.9. The van der Waals surface area contributed by atoms with Gasteiger partial charge in [-0.05, 0) is 49.7 Å². The van der Waals surface area contributed by atoms with Gasteiger partial charge in [-0.3, -0.25) is 9.89 Å². The number of nitrogens with zero attached hydrogens (tertiary/aromatic N) is 3. The average Bonchev–Trinajstić information content (AvgIpc) is 3.17. The summed E-state index contributed by atoms with van der Waals surface area (Å²) in [6, 6.07) is 4.41. The maximum absolute atomic E-state index is 4.54. The number of thioether (sulfide) groups is 1. The van der Waals surface area contributed by atoms with Gasteiger partial charge in [0.2, 0.25) is 0 Å². The monoisotopic (exact) mass is 508 g/mol. The molecular weight excluding hydrogens is 475 g/mol. The summed E-state index contributed by atoms with van der Waals surface area (Å²) in [5, 5.41) is 6.60. The van der Waals surface area contributed by atoms with Gasteiger partial charge in [-0.25, -0.2) is 0 Å². The zero-order chi connectivity index (χ0) is 17.5. The number of guanidine groups is 1. The van der Waals surface area contributed by atoms with Crippen LogP contribution in [-0.2, 0) is 6.54 Å². The van der Waals surface area contributed by atoms with Gasteiger partial charge in [0, 0.05) is 49.1 Å². The summed E-state index contributed by atoms with van der Waals surface area (Å²) in [5.41, 5.74) is 0. The molecule has 3 heterocycles. The van der Waals surface area contributed by atoms with E-state index < -0.39 is 0 Å². The zero-order valence-electron chi connectivity index (χ0n) is 16.0. The molecule has 0 saturated carbocycles. The Hall–Kier alpha value is 0.01000. The van der Waals surface area contributed by atoms with E-state index in [1.165, 1.54) is 43.0 Å². The highest BCUT2D eigenvalue weighted by molar-refractivity contribution is 14.0. The molecule has 1 unspecified atom stereocenters. The molecule has 1 N–H and O–H groups in total. The zero-order valence-corrected chi connectivity index (χ0v) is 20.0. The summed E-state index contributed by atoms with van der Waals surface area (Å²) >= 11 is 3.99. The largest absolute Gasteiger partial charge is 0.356 e. The minimum atomic E-state index is 0. The van der Waals surface area contributed by atoms with Crippen LogP contribution in [0.5, 0.6) is 0 Å². The Morgan fingerprint density at radius 2 is 2.12 bits per heavy atom. The maximum atomic E-state index is 4.54. The molecule has 1 aromatic heterocycles. The van der Waals surface area contributed by atoms with Crippen molar-refractivity contribution in [3.63, 3.8) is 0 Å². The lowest BCUT2D eigenvalue weighted by Crippen LogP contribution is -2.49. The molecule has 0 amide bonds. The first-order valence-electron chi connectivity index (χ1n) is 9.60. The number of piperidine rings is 1. The van der Waals surface area contributed by atoms with Crippen molar-refractivity contribution in [2.45, 2.75) is 38.0 Å². The third-order valence-electron chi connectivity index (χ3n) is 5.32. The second-order valence-electron chi connectivity index (χ2n) is 7.07. The molecule has 0 radical (unpaired) electrons. The van der Waals surface area contributed by atoms with E-state index in [4.69, 9.17) is 0 Å². The molecule has 2 saturated heterocycles. The van der Waals surface area contributed by atoms with Gasteiger partial charge < -0.3 is 10.2 Å². The molecule has 2 fully saturated rings. The summed E-state index contributed by atoms with van der Waals surface area (Å²) in [4.78, 5) is 11.1. The molecule has 1 atom stereocenters. The van der Waals surface area contributed by atoms with E-state index in [0.717, 1.165) is 43.3 Å². The summed E-state index contributed by atoms with van der Waals surface area (Å²) in [6.07, 6.45) is 3.84. The molecule has 26 heavy (non-hydrogen) atoms. The summed E-state index contributed by atoms with van der Waals surface area (Å²) in [5.74, 6) is 3.11. The topological polar surface area (TPSA) is 30.9 Å². The predicted molar refractivity (Wildman–Crippen MR) is 127 cm³/mol. The third-order valence-corrected chi connectivity index (χ3v) is 7.55. The van der Waals surface area contributed by atoms with Gasteiger partial charge in [0.1, 0.15) is 0 Å². The van der Waals surface area contributed by atoms with Gasteiger partial charge in [-0.15, -0.1) is 35.3 Å². The first kappa shape index (κ1) is 22.3. The fourth-order valence-electron chi connectivity index (χ4n) is 3.70. The summed E-state index contributed by atoms with van der Waals surface area (Å²) < 4.78 is 0.